The minimum absolute atomic E-state index is 0.141. The summed E-state index contributed by atoms with van der Waals surface area (Å²) in [6.45, 7) is 5.70. The molecule has 0 saturated carbocycles. The number of halogens is 1. The Morgan fingerprint density at radius 1 is 1.05 bits per heavy atom. The average Bonchev–Trinajstić information content (AvgIpc) is 2.97. The zero-order chi connectivity index (χ0) is 14.2. The highest BCUT2D eigenvalue weighted by molar-refractivity contribution is 6.21. The second kappa shape index (κ2) is 8.69. The molecule has 1 aliphatic heterocycles. The summed E-state index contributed by atoms with van der Waals surface area (Å²) in [7, 11) is 0. The third kappa shape index (κ3) is 5.10. The number of likely N-dealkylation sites (tertiary alicyclic amines) is 1. The fourth-order valence-corrected chi connectivity index (χ4v) is 3.29. The molecule has 0 bridgehead atoms. The summed E-state index contributed by atoms with van der Waals surface area (Å²) in [6, 6.07) is 8.98. The van der Waals surface area contributed by atoms with Crippen LogP contribution < -0.4 is 0 Å². The molecule has 2 heteroatoms. The van der Waals surface area contributed by atoms with Crippen LogP contribution in [-0.2, 0) is 6.42 Å². The molecule has 0 N–H and O–H groups in total. The quantitative estimate of drug-likeness (QED) is 0.471. The number of unbranched alkanes of at least 4 members (excludes halogenated alkanes) is 3. The fraction of sp³-hybridized carbons (Fsp3) is 0.667. The van der Waals surface area contributed by atoms with Crippen molar-refractivity contribution in [2.45, 2.75) is 57.2 Å². The minimum atomic E-state index is 0.141. The number of alkyl halides is 1. The molecule has 1 aromatic carbocycles. The van der Waals surface area contributed by atoms with E-state index in [1.165, 1.54) is 69.2 Å². The van der Waals surface area contributed by atoms with Gasteiger partial charge in [0, 0.05) is 6.54 Å². The van der Waals surface area contributed by atoms with Crippen LogP contribution in [0, 0.1) is 0 Å². The van der Waals surface area contributed by atoms with E-state index in [1.54, 1.807) is 0 Å². The molecule has 1 unspecified atom stereocenters. The van der Waals surface area contributed by atoms with Crippen molar-refractivity contribution in [1.29, 1.82) is 0 Å². The largest absolute Gasteiger partial charge is 0.302 e. The van der Waals surface area contributed by atoms with Crippen molar-refractivity contribution in [1.82, 2.24) is 4.90 Å². The number of nitrogens with zero attached hydrogens (tertiary/aromatic N) is 1. The van der Waals surface area contributed by atoms with Gasteiger partial charge in [-0.1, -0.05) is 50.5 Å². The highest BCUT2D eigenvalue weighted by atomic mass is 35.5. The molecule has 2 rings (SSSR count). The predicted molar refractivity (Wildman–Crippen MR) is 88.6 cm³/mol. The van der Waals surface area contributed by atoms with Gasteiger partial charge in [0.1, 0.15) is 0 Å². The Morgan fingerprint density at radius 3 is 2.40 bits per heavy atom. The van der Waals surface area contributed by atoms with Crippen molar-refractivity contribution in [3.63, 3.8) is 0 Å². The molecule has 0 spiro atoms. The molecule has 1 aromatic rings. The van der Waals surface area contributed by atoms with Gasteiger partial charge >= 0.3 is 0 Å². The molecule has 0 aliphatic carbocycles. The Balaban J connectivity index is 1.77. The van der Waals surface area contributed by atoms with E-state index in [0.717, 1.165) is 6.54 Å². The normalized spacial score (nSPS) is 17.5. The Labute approximate surface area is 129 Å². The van der Waals surface area contributed by atoms with Gasteiger partial charge in [-0.2, -0.15) is 0 Å². The first kappa shape index (κ1) is 15.9. The van der Waals surface area contributed by atoms with Crippen LogP contribution in [0.3, 0.4) is 0 Å². The molecule has 0 aromatic heterocycles. The molecule has 112 valence electrons. The summed E-state index contributed by atoms with van der Waals surface area (Å²) in [5, 5.41) is 0.141. The van der Waals surface area contributed by atoms with Crippen molar-refractivity contribution < 1.29 is 0 Å². The average molecular weight is 294 g/mol. The Kier molecular flexibility index (Phi) is 6.89. The number of rotatable bonds is 8. The minimum Gasteiger partial charge on any atom is -0.302 e. The molecular weight excluding hydrogens is 266 g/mol. The van der Waals surface area contributed by atoms with Crippen molar-refractivity contribution in [3.05, 3.63) is 35.4 Å². The van der Waals surface area contributed by atoms with Crippen LogP contribution in [0.2, 0.25) is 0 Å². The van der Waals surface area contributed by atoms with Crippen molar-refractivity contribution >= 4 is 11.6 Å². The lowest BCUT2D eigenvalue weighted by Crippen LogP contribution is -2.23. The highest BCUT2D eigenvalue weighted by Gasteiger charge is 2.16. The molecule has 0 radical (unpaired) electrons. The van der Waals surface area contributed by atoms with E-state index in [0.29, 0.717) is 0 Å². The summed E-state index contributed by atoms with van der Waals surface area (Å²) < 4.78 is 0. The molecule has 1 nitrogen and oxygen atoms in total. The monoisotopic (exact) mass is 293 g/mol. The van der Waals surface area contributed by atoms with Crippen LogP contribution in [0.4, 0.5) is 0 Å². The molecule has 1 heterocycles. The Bertz CT molecular complexity index is 368. The van der Waals surface area contributed by atoms with Gasteiger partial charge in [-0.25, -0.2) is 0 Å². The molecule has 1 aliphatic rings. The van der Waals surface area contributed by atoms with Gasteiger partial charge in [0.05, 0.1) is 5.38 Å². The fourth-order valence-electron chi connectivity index (χ4n) is 2.95. The number of benzene rings is 1. The van der Waals surface area contributed by atoms with Gasteiger partial charge in [0.15, 0.2) is 0 Å². The van der Waals surface area contributed by atoms with E-state index in [2.05, 4.69) is 36.1 Å². The molecule has 1 atom stereocenters. The van der Waals surface area contributed by atoms with Crippen LogP contribution >= 0.6 is 11.6 Å². The van der Waals surface area contributed by atoms with Crippen LogP contribution in [-0.4, -0.2) is 24.5 Å². The topological polar surface area (TPSA) is 3.24 Å². The summed E-state index contributed by atoms with van der Waals surface area (Å²) >= 11 is 6.54. The number of hydrogen-bond donors (Lipinski definition) is 0. The lowest BCUT2D eigenvalue weighted by atomic mass is 10.0. The molecule has 0 amide bonds. The summed E-state index contributed by atoms with van der Waals surface area (Å²) in [5.74, 6) is 0. The van der Waals surface area contributed by atoms with E-state index in [4.69, 9.17) is 11.6 Å². The van der Waals surface area contributed by atoms with Crippen LogP contribution in [0.5, 0.6) is 0 Å². The maximum absolute atomic E-state index is 6.54. The van der Waals surface area contributed by atoms with Crippen LogP contribution in [0.1, 0.15) is 62.0 Å². The number of aryl methyl sites for hydroxylation is 1. The molecule has 1 saturated heterocycles. The second-order valence-electron chi connectivity index (χ2n) is 6.03. The maximum Gasteiger partial charge on any atom is 0.0712 e. The van der Waals surface area contributed by atoms with Gasteiger partial charge in [-0.15, -0.1) is 11.6 Å². The maximum atomic E-state index is 6.54. The van der Waals surface area contributed by atoms with Crippen LogP contribution in [0.15, 0.2) is 24.3 Å². The SMILES string of the molecule is CCCCCCc1ccc(C(Cl)CN2CCCC2)cc1. The summed E-state index contributed by atoms with van der Waals surface area (Å²) in [6.07, 6.45) is 9.21. The zero-order valence-electron chi connectivity index (χ0n) is 12.8. The van der Waals surface area contributed by atoms with E-state index in [9.17, 15) is 0 Å². The third-order valence-corrected chi connectivity index (χ3v) is 4.67. The first-order valence-corrected chi connectivity index (χ1v) is 8.68. The first-order chi connectivity index (χ1) is 9.79. The van der Waals surface area contributed by atoms with Gasteiger partial charge in [-0.05, 0) is 49.9 Å². The Morgan fingerprint density at radius 2 is 1.75 bits per heavy atom. The van der Waals surface area contributed by atoms with Gasteiger partial charge in [-0.3, -0.25) is 0 Å². The van der Waals surface area contributed by atoms with Gasteiger partial charge < -0.3 is 4.90 Å². The standard InChI is InChI=1S/C18H28ClN/c1-2-3-4-5-8-16-9-11-17(12-10-16)18(19)15-20-13-6-7-14-20/h9-12,18H,2-8,13-15H2,1H3. The summed E-state index contributed by atoms with van der Waals surface area (Å²) in [5.41, 5.74) is 2.73. The van der Waals surface area contributed by atoms with Crippen molar-refractivity contribution in [2.75, 3.05) is 19.6 Å². The lowest BCUT2D eigenvalue weighted by molar-refractivity contribution is 0.339. The van der Waals surface area contributed by atoms with E-state index < -0.39 is 0 Å². The molecular formula is C18H28ClN. The summed E-state index contributed by atoms with van der Waals surface area (Å²) in [4.78, 5) is 2.48. The zero-order valence-corrected chi connectivity index (χ0v) is 13.5. The Hall–Kier alpha value is -0.530. The first-order valence-electron chi connectivity index (χ1n) is 8.25. The predicted octanol–water partition coefficient (Wildman–Crippen LogP) is 5.19. The van der Waals surface area contributed by atoms with E-state index in [1.807, 2.05) is 0 Å². The van der Waals surface area contributed by atoms with Crippen molar-refractivity contribution in [3.8, 4) is 0 Å². The smallest absolute Gasteiger partial charge is 0.0712 e. The highest BCUT2D eigenvalue weighted by Crippen LogP contribution is 2.24. The molecule has 1 fully saturated rings. The second-order valence-corrected chi connectivity index (χ2v) is 6.55. The van der Waals surface area contributed by atoms with E-state index in [-0.39, 0.29) is 5.38 Å². The van der Waals surface area contributed by atoms with E-state index >= 15 is 0 Å². The van der Waals surface area contributed by atoms with Gasteiger partial charge in [0.25, 0.3) is 0 Å². The van der Waals surface area contributed by atoms with Gasteiger partial charge in [0.2, 0.25) is 0 Å². The lowest BCUT2D eigenvalue weighted by Gasteiger charge is -2.19. The third-order valence-electron chi connectivity index (χ3n) is 4.28. The number of hydrogen-bond acceptors (Lipinski definition) is 1. The molecule has 20 heavy (non-hydrogen) atoms. The van der Waals surface area contributed by atoms with Crippen molar-refractivity contribution in [2.24, 2.45) is 0 Å². The van der Waals surface area contributed by atoms with Crippen LogP contribution in [0.25, 0.3) is 0 Å².